The molecule has 1 N–H and O–H groups in total. The van der Waals surface area contributed by atoms with Gasteiger partial charge in [-0.1, -0.05) is 6.07 Å². The first kappa shape index (κ1) is 11.4. The summed E-state index contributed by atoms with van der Waals surface area (Å²) in [6, 6.07) is 5.17. The van der Waals surface area contributed by atoms with Gasteiger partial charge in [-0.3, -0.25) is 0 Å². The lowest BCUT2D eigenvalue weighted by Gasteiger charge is -2.07. The Morgan fingerprint density at radius 2 is 2.24 bits per heavy atom. The predicted octanol–water partition coefficient (Wildman–Crippen LogP) is 2.02. The van der Waals surface area contributed by atoms with Crippen LogP contribution in [0.5, 0.6) is 0 Å². The van der Waals surface area contributed by atoms with Crippen molar-refractivity contribution in [3.63, 3.8) is 0 Å². The fraction of sp³-hybridized carbons (Fsp3) is 0.231. The molecule has 0 aliphatic heterocycles. The van der Waals surface area contributed by atoms with Crippen molar-refractivity contribution < 1.29 is 9.90 Å². The molecule has 0 aliphatic rings. The van der Waals surface area contributed by atoms with Crippen molar-refractivity contribution in [2.24, 2.45) is 7.05 Å². The van der Waals surface area contributed by atoms with Crippen molar-refractivity contribution in [3.05, 3.63) is 53.1 Å². The molecule has 88 valence electrons. The first-order valence-electron chi connectivity index (χ1n) is 5.37. The molecule has 1 aromatic carbocycles. The number of carboxylic acid groups (broad SMARTS) is 1. The van der Waals surface area contributed by atoms with Crippen molar-refractivity contribution in [2.45, 2.75) is 13.3 Å². The Balaban J connectivity index is 2.35. The summed E-state index contributed by atoms with van der Waals surface area (Å²) < 4.78 is 1.94. The number of hydrogen-bond acceptors (Lipinski definition) is 2. The molecule has 0 atom stereocenters. The minimum absolute atomic E-state index is 0.319. The van der Waals surface area contributed by atoms with Crippen molar-refractivity contribution in [2.75, 3.05) is 0 Å². The average molecular weight is 230 g/mol. The Morgan fingerprint density at radius 1 is 1.47 bits per heavy atom. The third-order valence-corrected chi connectivity index (χ3v) is 2.87. The molecule has 1 heterocycles. The Hall–Kier alpha value is -2.10. The smallest absolute Gasteiger partial charge is 0.335 e. The quantitative estimate of drug-likeness (QED) is 0.877. The molecule has 17 heavy (non-hydrogen) atoms. The highest BCUT2D eigenvalue weighted by Crippen LogP contribution is 2.15. The van der Waals surface area contributed by atoms with Gasteiger partial charge in [-0.25, -0.2) is 9.78 Å². The second kappa shape index (κ2) is 4.41. The molecular formula is C13H14N2O2. The number of benzene rings is 1. The maximum Gasteiger partial charge on any atom is 0.335 e. The summed E-state index contributed by atoms with van der Waals surface area (Å²) in [5.74, 6) is 0.0294. The van der Waals surface area contributed by atoms with E-state index < -0.39 is 5.97 Å². The highest BCUT2D eigenvalue weighted by Gasteiger charge is 2.08. The van der Waals surface area contributed by atoms with Gasteiger partial charge in [0.25, 0.3) is 0 Å². The average Bonchev–Trinajstić information content (AvgIpc) is 2.67. The summed E-state index contributed by atoms with van der Waals surface area (Å²) in [6.07, 6.45) is 4.27. The van der Waals surface area contributed by atoms with E-state index in [4.69, 9.17) is 5.11 Å². The largest absolute Gasteiger partial charge is 0.478 e. The number of aryl methyl sites for hydroxylation is 2. The third-order valence-electron chi connectivity index (χ3n) is 2.87. The standard InChI is InChI=1S/C13H14N2O2/c1-9-3-4-10(13(16)17)7-11(9)8-12-14-5-6-15(12)2/h3-7H,8H2,1-2H3,(H,16,17). The van der Waals surface area contributed by atoms with Crippen LogP contribution in [0.2, 0.25) is 0 Å². The molecule has 4 nitrogen and oxygen atoms in total. The van der Waals surface area contributed by atoms with Crippen LogP contribution in [0.25, 0.3) is 0 Å². The third kappa shape index (κ3) is 2.36. The molecule has 2 aromatic rings. The van der Waals surface area contributed by atoms with E-state index >= 15 is 0 Å². The van der Waals surface area contributed by atoms with Crippen LogP contribution in [0.1, 0.15) is 27.3 Å². The van der Waals surface area contributed by atoms with Crippen molar-refractivity contribution in [1.29, 1.82) is 0 Å². The van der Waals surface area contributed by atoms with E-state index in [1.165, 1.54) is 0 Å². The van der Waals surface area contributed by atoms with Crippen LogP contribution in [0.3, 0.4) is 0 Å². The molecule has 0 saturated carbocycles. The molecule has 0 fully saturated rings. The number of carbonyl (C=O) groups is 1. The number of aromatic nitrogens is 2. The molecular weight excluding hydrogens is 216 g/mol. The summed E-state index contributed by atoms with van der Waals surface area (Å²) in [5, 5.41) is 8.96. The summed E-state index contributed by atoms with van der Waals surface area (Å²) in [6.45, 7) is 1.98. The first-order valence-corrected chi connectivity index (χ1v) is 5.37. The van der Waals surface area contributed by atoms with Crippen molar-refractivity contribution >= 4 is 5.97 Å². The topological polar surface area (TPSA) is 55.1 Å². The molecule has 2 rings (SSSR count). The minimum atomic E-state index is -0.897. The number of rotatable bonds is 3. The Bertz CT molecular complexity index is 558. The number of carboxylic acids is 1. The van der Waals surface area contributed by atoms with Crippen LogP contribution in [-0.4, -0.2) is 20.6 Å². The number of imidazole rings is 1. The van der Waals surface area contributed by atoms with Gasteiger partial charge in [0, 0.05) is 25.9 Å². The SMILES string of the molecule is Cc1ccc(C(=O)O)cc1Cc1nccn1C. The second-order valence-corrected chi connectivity index (χ2v) is 4.08. The molecule has 0 spiro atoms. The number of nitrogens with zero attached hydrogens (tertiary/aromatic N) is 2. The summed E-state index contributed by atoms with van der Waals surface area (Å²) in [7, 11) is 1.93. The van der Waals surface area contributed by atoms with Gasteiger partial charge < -0.3 is 9.67 Å². The van der Waals surface area contributed by atoms with E-state index in [1.807, 2.05) is 30.8 Å². The summed E-state index contributed by atoms with van der Waals surface area (Å²) in [5.41, 5.74) is 2.40. The lowest BCUT2D eigenvalue weighted by molar-refractivity contribution is 0.0697. The van der Waals surface area contributed by atoms with Gasteiger partial charge in [-0.05, 0) is 30.2 Å². The molecule has 4 heteroatoms. The maximum absolute atomic E-state index is 10.9. The van der Waals surface area contributed by atoms with Crippen LogP contribution in [0.15, 0.2) is 30.6 Å². The zero-order valence-electron chi connectivity index (χ0n) is 9.84. The second-order valence-electron chi connectivity index (χ2n) is 4.08. The molecule has 0 bridgehead atoms. The van der Waals surface area contributed by atoms with Gasteiger partial charge in [0.15, 0.2) is 0 Å². The molecule has 0 unspecified atom stereocenters. The van der Waals surface area contributed by atoms with Gasteiger partial charge in [0.2, 0.25) is 0 Å². The molecule has 1 aromatic heterocycles. The van der Waals surface area contributed by atoms with Crippen LogP contribution in [0.4, 0.5) is 0 Å². The Kier molecular flexibility index (Phi) is 2.95. The lowest BCUT2D eigenvalue weighted by atomic mass is 10.0. The predicted molar refractivity (Wildman–Crippen MR) is 64.2 cm³/mol. The van der Waals surface area contributed by atoms with Crippen LogP contribution in [0, 0.1) is 6.92 Å². The van der Waals surface area contributed by atoms with E-state index in [0.29, 0.717) is 12.0 Å². The normalized spacial score (nSPS) is 10.5. The van der Waals surface area contributed by atoms with Crippen LogP contribution >= 0.6 is 0 Å². The van der Waals surface area contributed by atoms with Gasteiger partial charge in [0.05, 0.1) is 5.56 Å². The fourth-order valence-electron chi connectivity index (χ4n) is 1.73. The Labute approximate surface area is 99.5 Å². The molecule has 0 radical (unpaired) electrons. The minimum Gasteiger partial charge on any atom is -0.478 e. The summed E-state index contributed by atoms with van der Waals surface area (Å²) >= 11 is 0. The van der Waals surface area contributed by atoms with Crippen molar-refractivity contribution in [1.82, 2.24) is 9.55 Å². The molecule has 0 aliphatic carbocycles. The van der Waals surface area contributed by atoms with Crippen LogP contribution < -0.4 is 0 Å². The molecule has 0 saturated heterocycles. The van der Waals surface area contributed by atoms with E-state index in [0.717, 1.165) is 17.0 Å². The van der Waals surface area contributed by atoms with E-state index in [1.54, 1.807) is 18.3 Å². The van der Waals surface area contributed by atoms with Gasteiger partial charge in [-0.15, -0.1) is 0 Å². The Morgan fingerprint density at radius 3 is 2.82 bits per heavy atom. The van der Waals surface area contributed by atoms with E-state index in [9.17, 15) is 4.79 Å². The number of aromatic carboxylic acids is 1. The van der Waals surface area contributed by atoms with Crippen molar-refractivity contribution in [3.8, 4) is 0 Å². The lowest BCUT2D eigenvalue weighted by Crippen LogP contribution is -2.03. The first-order chi connectivity index (χ1) is 8.08. The van der Waals surface area contributed by atoms with Gasteiger partial charge >= 0.3 is 5.97 Å². The molecule has 0 amide bonds. The summed E-state index contributed by atoms with van der Waals surface area (Å²) in [4.78, 5) is 15.2. The van der Waals surface area contributed by atoms with Crippen LogP contribution in [-0.2, 0) is 13.5 Å². The fourth-order valence-corrected chi connectivity index (χ4v) is 1.73. The van der Waals surface area contributed by atoms with E-state index in [-0.39, 0.29) is 0 Å². The monoisotopic (exact) mass is 230 g/mol. The number of hydrogen-bond donors (Lipinski definition) is 1. The maximum atomic E-state index is 10.9. The van der Waals surface area contributed by atoms with Gasteiger partial charge in [0.1, 0.15) is 5.82 Å². The van der Waals surface area contributed by atoms with E-state index in [2.05, 4.69) is 4.98 Å². The highest BCUT2D eigenvalue weighted by molar-refractivity contribution is 5.87. The highest BCUT2D eigenvalue weighted by atomic mass is 16.4. The zero-order chi connectivity index (χ0) is 12.4. The zero-order valence-corrected chi connectivity index (χ0v) is 9.84. The van der Waals surface area contributed by atoms with Gasteiger partial charge in [-0.2, -0.15) is 0 Å².